The minimum Gasteiger partial charge on any atom is -0.324 e. The molecule has 6 nitrogen and oxygen atoms in total. The zero-order valence-corrected chi connectivity index (χ0v) is 14.7. The molecule has 0 fully saturated rings. The minimum absolute atomic E-state index is 0.0399. The van der Waals surface area contributed by atoms with E-state index in [-0.39, 0.29) is 12.3 Å². The average molecular weight is 385 g/mol. The summed E-state index contributed by atoms with van der Waals surface area (Å²) in [6, 6.07) is 13.4. The SMILES string of the molecule is O=C1CC(C(=O)Nc2ccc(F)cc2)n2nc(-c3ccc(Cl)cc3)cc2N1. The zero-order valence-electron chi connectivity index (χ0n) is 13.9. The number of nitrogens with zero attached hydrogens (tertiary/aromatic N) is 2. The van der Waals surface area contributed by atoms with Gasteiger partial charge in [0, 0.05) is 22.3 Å². The van der Waals surface area contributed by atoms with Crippen LogP contribution >= 0.6 is 11.6 Å². The van der Waals surface area contributed by atoms with E-state index in [0.717, 1.165) is 5.56 Å². The van der Waals surface area contributed by atoms with Crippen LogP contribution in [-0.2, 0) is 9.59 Å². The molecule has 2 aromatic carbocycles. The summed E-state index contributed by atoms with van der Waals surface area (Å²) < 4.78 is 14.5. The van der Waals surface area contributed by atoms with Crippen molar-refractivity contribution in [1.82, 2.24) is 9.78 Å². The fourth-order valence-corrected chi connectivity index (χ4v) is 3.03. The summed E-state index contributed by atoms with van der Waals surface area (Å²) in [5.74, 6) is -0.629. The molecular weight excluding hydrogens is 371 g/mol. The Hall–Kier alpha value is -3.19. The number of amides is 2. The van der Waals surface area contributed by atoms with Gasteiger partial charge in [0.1, 0.15) is 17.7 Å². The predicted octanol–water partition coefficient (Wildman–Crippen LogP) is 3.86. The summed E-state index contributed by atoms with van der Waals surface area (Å²) in [5.41, 5.74) is 1.87. The van der Waals surface area contributed by atoms with Crippen LogP contribution in [-0.4, -0.2) is 21.6 Å². The molecule has 0 spiro atoms. The third-order valence-corrected chi connectivity index (χ3v) is 4.48. The van der Waals surface area contributed by atoms with Crippen LogP contribution in [0.15, 0.2) is 54.6 Å². The van der Waals surface area contributed by atoms with Crippen LogP contribution in [0.5, 0.6) is 0 Å². The number of fused-ring (bicyclic) bond motifs is 1. The number of rotatable bonds is 3. The second kappa shape index (κ2) is 6.85. The van der Waals surface area contributed by atoms with Crippen LogP contribution in [0.2, 0.25) is 5.02 Å². The van der Waals surface area contributed by atoms with Crippen LogP contribution in [0.4, 0.5) is 15.9 Å². The van der Waals surface area contributed by atoms with Gasteiger partial charge in [-0.2, -0.15) is 5.10 Å². The smallest absolute Gasteiger partial charge is 0.249 e. The van der Waals surface area contributed by atoms with Crippen molar-refractivity contribution in [1.29, 1.82) is 0 Å². The van der Waals surface area contributed by atoms with Crippen molar-refractivity contribution in [3.8, 4) is 11.3 Å². The standard InChI is InChI=1S/C19H14ClFN4O2/c20-12-3-1-11(2-4-12)15-9-17-23-18(26)10-16(25(17)24-15)19(27)22-14-7-5-13(21)6-8-14/h1-9,16H,10H2,(H,22,27)(H,23,26). The second-order valence-electron chi connectivity index (χ2n) is 6.13. The highest BCUT2D eigenvalue weighted by Crippen LogP contribution is 2.30. The highest BCUT2D eigenvalue weighted by Gasteiger charge is 2.32. The molecule has 1 aliphatic heterocycles. The molecule has 27 heavy (non-hydrogen) atoms. The summed E-state index contributed by atoms with van der Waals surface area (Å²) in [4.78, 5) is 24.7. The molecule has 4 rings (SSSR count). The number of benzene rings is 2. The van der Waals surface area contributed by atoms with E-state index in [1.807, 2.05) is 12.1 Å². The van der Waals surface area contributed by atoms with E-state index in [1.165, 1.54) is 28.9 Å². The molecule has 0 radical (unpaired) electrons. The van der Waals surface area contributed by atoms with Crippen molar-refractivity contribution in [2.75, 3.05) is 10.6 Å². The second-order valence-corrected chi connectivity index (χ2v) is 6.57. The van der Waals surface area contributed by atoms with E-state index in [9.17, 15) is 14.0 Å². The molecule has 2 heterocycles. The molecule has 1 aliphatic rings. The van der Waals surface area contributed by atoms with E-state index >= 15 is 0 Å². The lowest BCUT2D eigenvalue weighted by Gasteiger charge is -2.23. The lowest BCUT2D eigenvalue weighted by molar-refractivity contribution is -0.125. The van der Waals surface area contributed by atoms with Crippen molar-refractivity contribution in [3.63, 3.8) is 0 Å². The van der Waals surface area contributed by atoms with Crippen molar-refractivity contribution in [2.24, 2.45) is 0 Å². The van der Waals surface area contributed by atoms with E-state index < -0.39 is 17.8 Å². The van der Waals surface area contributed by atoms with Gasteiger partial charge in [0.15, 0.2) is 0 Å². The highest BCUT2D eigenvalue weighted by atomic mass is 35.5. The average Bonchev–Trinajstić information content (AvgIpc) is 3.07. The highest BCUT2D eigenvalue weighted by molar-refractivity contribution is 6.30. The first-order valence-electron chi connectivity index (χ1n) is 8.21. The monoisotopic (exact) mass is 384 g/mol. The normalized spacial score (nSPS) is 15.8. The van der Waals surface area contributed by atoms with Gasteiger partial charge in [-0.05, 0) is 36.4 Å². The van der Waals surface area contributed by atoms with Crippen molar-refractivity contribution < 1.29 is 14.0 Å². The Bertz CT molecular complexity index is 1020. The molecular formula is C19H14ClFN4O2. The first-order chi connectivity index (χ1) is 13.0. The van der Waals surface area contributed by atoms with Gasteiger partial charge < -0.3 is 10.6 Å². The maximum atomic E-state index is 13.0. The van der Waals surface area contributed by atoms with Gasteiger partial charge in [-0.1, -0.05) is 23.7 Å². The Morgan fingerprint density at radius 3 is 2.59 bits per heavy atom. The minimum atomic E-state index is -0.806. The maximum absolute atomic E-state index is 13.0. The fourth-order valence-electron chi connectivity index (χ4n) is 2.91. The molecule has 136 valence electrons. The van der Waals surface area contributed by atoms with Crippen LogP contribution in [0.3, 0.4) is 0 Å². The first kappa shape index (κ1) is 17.2. The van der Waals surface area contributed by atoms with Gasteiger partial charge in [0.05, 0.1) is 12.1 Å². The van der Waals surface area contributed by atoms with E-state index in [2.05, 4.69) is 15.7 Å². The molecule has 1 aromatic heterocycles. The number of aromatic nitrogens is 2. The van der Waals surface area contributed by atoms with Crippen LogP contribution < -0.4 is 10.6 Å². The molecule has 0 bridgehead atoms. The molecule has 3 aromatic rings. The van der Waals surface area contributed by atoms with Gasteiger partial charge in [-0.15, -0.1) is 0 Å². The zero-order chi connectivity index (χ0) is 19.0. The van der Waals surface area contributed by atoms with Crippen LogP contribution in [0.25, 0.3) is 11.3 Å². The summed E-state index contributed by atoms with van der Waals surface area (Å²) in [5, 5.41) is 10.5. The Kier molecular flexibility index (Phi) is 4.37. The quantitative estimate of drug-likeness (QED) is 0.719. The van der Waals surface area contributed by atoms with Gasteiger partial charge in [0.25, 0.3) is 0 Å². The summed E-state index contributed by atoms with van der Waals surface area (Å²) in [7, 11) is 0. The van der Waals surface area contributed by atoms with E-state index in [4.69, 9.17) is 11.6 Å². The Balaban J connectivity index is 1.63. The molecule has 2 N–H and O–H groups in total. The van der Waals surface area contributed by atoms with E-state index in [1.54, 1.807) is 18.2 Å². The third-order valence-electron chi connectivity index (χ3n) is 4.23. The number of carbonyl (C=O) groups excluding carboxylic acids is 2. The summed E-state index contributed by atoms with van der Waals surface area (Å²) in [6.07, 6.45) is -0.0399. The van der Waals surface area contributed by atoms with Crippen LogP contribution in [0, 0.1) is 5.82 Å². The Morgan fingerprint density at radius 1 is 1.19 bits per heavy atom. The topological polar surface area (TPSA) is 76.0 Å². The number of nitrogens with one attached hydrogen (secondary N) is 2. The molecule has 0 saturated heterocycles. The van der Waals surface area contributed by atoms with Gasteiger partial charge >= 0.3 is 0 Å². The molecule has 1 atom stereocenters. The first-order valence-corrected chi connectivity index (χ1v) is 8.59. The summed E-state index contributed by atoms with van der Waals surface area (Å²) in [6.45, 7) is 0. The third kappa shape index (κ3) is 3.54. The predicted molar refractivity (Wildman–Crippen MR) is 100.0 cm³/mol. The van der Waals surface area contributed by atoms with Crippen molar-refractivity contribution in [2.45, 2.75) is 12.5 Å². The lowest BCUT2D eigenvalue weighted by Crippen LogP contribution is -2.35. The molecule has 8 heteroatoms. The molecule has 2 amide bonds. The number of halogens is 2. The number of anilines is 2. The van der Waals surface area contributed by atoms with Crippen molar-refractivity contribution >= 4 is 34.9 Å². The molecule has 0 saturated carbocycles. The molecule has 1 unspecified atom stereocenters. The van der Waals surface area contributed by atoms with Crippen LogP contribution in [0.1, 0.15) is 12.5 Å². The van der Waals surface area contributed by atoms with Gasteiger partial charge in [0.2, 0.25) is 11.8 Å². The fraction of sp³-hybridized carbons (Fsp3) is 0.105. The Labute approximate surface area is 158 Å². The number of hydrogen-bond donors (Lipinski definition) is 2. The largest absolute Gasteiger partial charge is 0.324 e. The summed E-state index contributed by atoms with van der Waals surface area (Å²) >= 11 is 5.91. The number of carbonyl (C=O) groups is 2. The molecule has 0 aliphatic carbocycles. The van der Waals surface area contributed by atoms with Gasteiger partial charge in [-0.25, -0.2) is 9.07 Å². The van der Waals surface area contributed by atoms with Crippen molar-refractivity contribution in [3.05, 3.63) is 65.4 Å². The lowest BCUT2D eigenvalue weighted by atomic mass is 10.1. The van der Waals surface area contributed by atoms with Gasteiger partial charge in [-0.3, -0.25) is 9.59 Å². The Morgan fingerprint density at radius 2 is 1.89 bits per heavy atom. The van der Waals surface area contributed by atoms with E-state index in [0.29, 0.717) is 22.2 Å². The number of hydrogen-bond acceptors (Lipinski definition) is 3. The maximum Gasteiger partial charge on any atom is 0.249 e.